The molecule has 0 radical (unpaired) electrons. The first-order valence-electron chi connectivity index (χ1n) is 5.48. The number of esters is 1. The van der Waals surface area contributed by atoms with Crippen molar-refractivity contribution in [3.05, 3.63) is 21.9 Å². The summed E-state index contributed by atoms with van der Waals surface area (Å²) in [6.07, 6.45) is 1.67. The zero-order valence-corrected chi connectivity index (χ0v) is 10.3. The van der Waals surface area contributed by atoms with E-state index in [0.717, 1.165) is 24.1 Å². The van der Waals surface area contributed by atoms with E-state index in [9.17, 15) is 9.90 Å². The number of thiophene rings is 1. The van der Waals surface area contributed by atoms with E-state index < -0.39 is 12.1 Å². The largest absolute Gasteiger partial charge is 0.467 e. The van der Waals surface area contributed by atoms with Crippen molar-refractivity contribution in [1.29, 1.82) is 0 Å². The van der Waals surface area contributed by atoms with Crippen LogP contribution in [0.2, 0.25) is 0 Å². The average Bonchev–Trinajstić information content (AvgIpc) is 2.98. The Balaban J connectivity index is 2.29. The summed E-state index contributed by atoms with van der Waals surface area (Å²) in [6.45, 7) is 2.09. The van der Waals surface area contributed by atoms with Crippen molar-refractivity contribution in [2.45, 2.75) is 37.7 Å². The van der Waals surface area contributed by atoms with Crippen molar-refractivity contribution in [3.63, 3.8) is 0 Å². The molecule has 0 bridgehead atoms. The molecule has 1 atom stereocenters. The highest BCUT2D eigenvalue weighted by atomic mass is 32.1. The molecule has 16 heavy (non-hydrogen) atoms. The SMILES string of the molecule is CCc1ccsc1C1(C(O)C(=O)OC)CC1. The topological polar surface area (TPSA) is 46.5 Å². The smallest absolute Gasteiger partial charge is 0.335 e. The fraction of sp³-hybridized carbons (Fsp3) is 0.583. The lowest BCUT2D eigenvalue weighted by Crippen LogP contribution is -2.34. The van der Waals surface area contributed by atoms with E-state index >= 15 is 0 Å². The molecule has 0 aliphatic heterocycles. The quantitative estimate of drug-likeness (QED) is 0.817. The van der Waals surface area contributed by atoms with Gasteiger partial charge in [0.15, 0.2) is 6.10 Å². The van der Waals surface area contributed by atoms with Gasteiger partial charge in [0.2, 0.25) is 0 Å². The number of aliphatic hydroxyl groups excluding tert-OH is 1. The van der Waals surface area contributed by atoms with E-state index in [-0.39, 0.29) is 5.41 Å². The number of rotatable bonds is 4. The van der Waals surface area contributed by atoms with Crippen LogP contribution in [0.1, 0.15) is 30.2 Å². The Bertz CT molecular complexity index is 393. The highest BCUT2D eigenvalue weighted by Gasteiger charge is 2.55. The Morgan fingerprint density at radius 1 is 1.69 bits per heavy atom. The van der Waals surface area contributed by atoms with Gasteiger partial charge in [-0.15, -0.1) is 11.3 Å². The zero-order valence-electron chi connectivity index (χ0n) is 9.53. The monoisotopic (exact) mass is 240 g/mol. The molecule has 0 aromatic carbocycles. The van der Waals surface area contributed by atoms with Crippen molar-refractivity contribution in [2.24, 2.45) is 0 Å². The molecule has 0 amide bonds. The number of hydrogen-bond donors (Lipinski definition) is 1. The minimum absolute atomic E-state index is 0.355. The number of carbonyl (C=O) groups is 1. The molecular weight excluding hydrogens is 224 g/mol. The maximum absolute atomic E-state index is 11.4. The molecule has 1 N–H and O–H groups in total. The van der Waals surface area contributed by atoms with Gasteiger partial charge in [-0.1, -0.05) is 6.92 Å². The Morgan fingerprint density at radius 3 is 2.88 bits per heavy atom. The lowest BCUT2D eigenvalue weighted by Gasteiger charge is -2.20. The number of aliphatic hydroxyl groups is 1. The van der Waals surface area contributed by atoms with Gasteiger partial charge in [0.25, 0.3) is 0 Å². The van der Waals surface area contributed by atoms with E-state index in [1.165, 1.54) is 12.7 Å². The highest BCUT2D eigenvalue weighted by molar-refractivity contribution is 7.10. The van der Waals surface area contributed by atoms with E-state index in [1.54, 1.807) is 11.3 Å². The standard InChI is InChI=1S/C12H16O3S/c1-3-8-4-7-16-10(8)12(5-6-12)9(13)11(14)15-2/h4,7,9,13H,3,5-6H2,1-2H3. The van der Waals surface area contributed by atoms with Crippen LogP contribution in [0, 0.1) is 0 Å². The molecule has 3 nitrogen and oxygen atoms in total. The van der Waals surface area contributed by atoms with Gasteiger partial charge < -0.3 is 9.84 Å². The number of aryl methyl sites for hydroxylation is 1. The first-order chi connectivity index (χ1) is 7.65. The summed E-state index contributed by atoms with van der Waals surface area (Å²) < 4.78 is 4.63. The van der Waals surface area contributed by atoms with Gasteiger partial charge in [-0.3, -0.25) is 0 Å². The van der Waals surface area contributed by atoms with Crippen LogP contribution in [-0.4, -0.2) is 24.3 Å². The van der Waals surface area contributed by atoms with Gasteiger partial charge in [-0.25, -0.2) is 4.79 Å². The van der Waals surface area contributed by atoms with Crippen LogP contribution >= 0.6 is 11.3 Å². The summed E-state index contributed by atoms with van der Waals surface area (Å²) in [6, 6.07) is 2.07. The highest BCUT2D eigenvalue weighted by Crippen LogP contribution is 2.54. The van der Waals surface area contributed by atoms with Crippen LogP contribution in [0.15, 0.2) is 11.4 Å². The minimum Gasteiger partial charge on any atom is -0.467 e. The lowest BCUT2D eigenvalue weighted by atomic mass is 9.93. The van der Waals surface area contributed by atoms with Crippen LogP contribution in [0.25, 0.3) is 0 Å². The van der Waals surface area contributed by atoms with Crippen LogP contribution in [0.3, 0.4) is 0 Å². The summed E-state index contributed by atoms with van der Waals surface area (Å²) in [5.74, 6) is -0.520. The number of hydrogen-bond acceptors (Lipinski definition) is 4. The van der Waals surface area contributed by atoms with Crippen LogP contribution in [-0.2, 0) is 21.4 Å². The van der Waals surface area contributed by atoms with Crippen LogP contribution in [0.4, 0.5) is 0 Å². The van der Waals surface area contributed by atoms with Gasteiger partial charge in [-0.05, 0) is 36.3 Å². The molecule has 1 aromatic heterocycles. The number of ether oxygens (including phenoxy) is 1. The second-order valence-electron chi connectivity index (χ2n) is 4.21. The summed E-state index contributed by atoms with van der Waals surface area (Å²) in [5.41, 5.74) is 0.887. The lowest BCUT2D eigenvalue weighted by molar-refractivity contribution is -0.152. The molecule has 1 fully saturated rings. The van der Waals surface area contributed by atoms with Crippen molar-refractivity contribution in [1.82, 2.24) is 0 Å². The number of carbonyl (C=O) groups excluding carboxylic acids is 1. The number of methoxy groups -OCH3 is 1. The molecule has 1 aliphatic carbocycles. The first kappa shape index (κ1) is 11.6. The van der Waals surface area contributed by atoms with E-state index in [4.69, 9.17) is 0 Å². The summed E-state index contributed by atoms with van der Waals surface area (Å²) in [7, 11) is 1.32. The third-order valence-electron chi connectivity index (χ3n) is 3.32. The molecule has 1 heterocycles. The molecule has 1 aliphatic rings. The molecular formula is C12H16O3S. The average molecular weight is 240 g/mol. The molecule has 0 saturated heterocycles. The van der Waals surface area contributed by atoms with Gasteiger partial charge in [0.1, 0.15) is 0 Å². The third kappa shape index (κ3) is 1.66. The second-order valence-corrected chi connectivity index (χ2v) is 5.13. The predicted octanol–water partition coefficient (Wildman–Crippen LogP) is 1.88. The minimum atomic E-state index is -1.01. The van der Waals surface area contributed by atoms with Crippen molar-refractivity contribution in [2.75, 3.05) is 7.11 Å². The molecule has 88 valence electrons. The first-order valence-corrected chi connectivity index (χ1v) is 6.36. The van der Waals surface area contributed by atoms with Gasteiger partial charge >= 0.3 is 5.97 Å². The molecule has 1 aromatic rings. The Morgan fingerprint density at radius 2 is 2.38 bits per heavy atom. The van der Waals surface area contributed by atoms with Crippen LogP contribution < -0.4 is 0 Å². The van der Waals surface area contributed by atoms with Crippen molar-refractivity contribution >= 4 is 17.3 Å². The zero-order chi connectivity index (χ0) is 11.8. The summed E-state index contributed by atoms with van der Waals surface area (Å²) in [5, 5.41) is 12.1. The molecule has 0 spiro atoms. The van der Waals surface area contributed by atoms with E-state index in [2.05, 4.69) is 17.7 Å². The van der Waals surface area contributed by atoms with E-state index in [0.29, 0.717) is 0 Å². The fourth-order valence-corrected chi connectivity index (χ4v) is 3.43. The Labute approximate surface area is 99.1 Å². The van der Waals surface area contributed by atoms with Gasteiger partial charge in [0, 0.05) is 10.3 Å². The Hall–Kier alpha value is -0.870. The van der Waals surface area contributed by atoms with Crippen molar-refractivity contribution < 1.29 is 14.6 Å². The van der Waals surface area contributed by atoms with E-state index in [1.807, 2.05) is 5.38 Å². The molecule has 2 rings (SSSR count). The Kier molecular flexibility index (Phi) is 3.04. The summed E-state index contributed by atoms with van der Waals surface area (Å²) >= 11 is 1.63. The third-order valence-corrected chi connectivity index (χ3v) is 4.49. The van der Waals surface area contributed by atoms with Gasteiger partial charge in [-0.2, -0.15) is 0 Å². The molecule has 1 unspecified atom stereocenters. The molecule has 1 saturated carbocycles. The normalized spacial score (nSPS) is 19.2. The summed E-state index contributed by atoms with van der Waals surface area (Å²) in [4.78, 5) is 12.6. The van der Waals surface area contributed by atoms with Crippen molar-refractivity contribution in [3.8, 4) is 0 Å². The maximum Gasteiger partial charge on any atom is 0.335 e. The van der Waals surface area contributed by atoms with Crippen LogP contribution in [0.5, 0.6) is 0 Å². The maximum atomic E-state index is 11.4. The van der Waals surface area contributed by atoms with Gasteiger partial charge in [0.05, 0.1) is 7.11 Å². The predicted molar refractivity (Wildman–Crippen MR) is 62.6 cm³/mol. The molecule has 4 heteroatoms. The second kappa shape index (κ2) is 4.18. The fourth-order valence-electron chi connectivity index (χ4n) is 2.15.